The van der Waals surface area contributed by atoms with Crippen LogP contribution in [0.15, 0.2) is 36.7 Å². The first-order valence-electron chi connectivity index (χ1n) is 7.01. The van der Waals surface area contributed by atoms with Gasteiger partial charge in [0.2, 0.25) is 0 Å². The van der Waals surface area contributed by atoms with Gasteiger partial charge in [0.25, 0.3) is 5.91 Å². The lowest BCUT2D eigenvalue weighted by atomic mass is 10.2. The van der Waals surface area contributed by atoms with Gasteiger partial charge in [0, 0.05) is 25.0 Å². The summed E-state index contributed by atoms with van der Waals surface area (Å²) in [6, 6.07) is 6.05. The first-order chi connectivity index (χ1) is 10.5. The summed E-state index contributed by atoms with van der Waals surface area (Å²) in [7, 11) is 0. The molecule has 0 aliphatic carbocycles. The minimum atomic E-state index is -0.476. The molecule has 1 heterocycles. The van der Waals surface area contributed by atoms with Gasteiger partial charge in [0.15, 0.2) is 0 Å². The quantitative estimate of drug-likeness (QED) is 0.901. The topological polar surface area (TPSA) is 45.2 Å². The lowest BCUT2D eigenvalue weighted by Crippen LogP contribution is -2.30. The van der Waals surface area contributed by atoms with Crippen molar-refractivity contribution >= 4 is 28.9 Å². The van der Waals surface area contributed by atoms with E-state index in [1.165, 1.54) is 18.3 Å². The van der Waals surface area contributed by atoms with Gasteiger partial charge in [-0.1, -0.05) is 11.6 Å². The molecule has 2 aromatic rings. The highest BCUT2D eigenvalue weighted by Gasteiger charge is 2.13. The molecule has 0 fully saturated rings. The van der Waals surface area contributed by atoms with Crippen LogP contribution in [-0.4, -0.2) is 28.9 Å². The Balaban J connectivity index is 2.21. The van der Waals surface area contributed by atoms with Gasteiger partial charge < -0.3 is 10.2 Å². The number of aromatic nitrogens is 1. The van der Waals surface area contributed by atoms with Crippen molar-refractivity contribution in [1.82, 2.24) is 9.88 Å². The van der Waals surface area contributed by atoms with Crippen LogP contribution in [0.2, 0.25) is 5.02 Å². The van der Waals surface area contributed by atoms with Crippen molar-refractivity contribution in [2.45, 2.75) is 13.8 Å². The van der Waals surface area contributed by atoms with Crippen LogP contribution in [0.1, 0.15) is 24.2 Å². The molecule has 1 aromatic heterocycles. The first kappa shape index (κ1) is 16.2. The molecule has 1 aromatic carbocycles. The van der Waals surface area contributed by atoms with Gasteiger partial charge >= 0.3 is 0 Å². The molecule has 22 heavy (non-hydrogen) atoms. The van der Waals surface area contributed by atoms with E-state index in [1.54, 1.807) is 23.2 Å². The van der Waals surface area contributed by atoms with Crippen LogP contribution >= 0.6 is 11.6 Å². The van der Waals surface area contributed by atoms with E-state index in [1.807, 2.05) is 13.8 Å². The molecule has 0 bridgehead atoms. The number of carbonyl (C=O) groups is 1. The Morgan fingerprint density at radius 2 is 1.95 bits per heavy atom. The molecular weight excluding hydrogens is 305 g/mol. The zero-order valence-electron chi connectivity index (χ0n) is 12.4. The van der Waals surface area contributed by atoms with Gasteiger partial charge in [0.1, 0.15) is 5.82 Å². The maximum absolute atomic E-state index is 13.2. The van der Waals surface area contributed by atoms with Gasteiger partial charge in [-0.3, -0.25) is 9.78 Å². The summed E-state index contributed by atoms with van der Waals surface area (Å²) >= 11 is 5.75. The summed E-state index contributed by atoms with van der Waals surface area (Å²) in [5, 5.41) is 3.09. The van der Waals surface area contributed by atoms with E-state index in [-0.39, 0.29) is 10.9 Å². The number of pyridine rings is 1. The number of hydrogen-bond acceptors (Lipinski definition) is 3. The predicted molar refractivity (Wildman–Crippen MR) is 86.2 cm³/mol. The maximum Gasteiger partial charge on any atom is 0.255 e. The molecule has 0 saturated heterocycles. The molecule has 6 heteroatoms. The highest BCUT2D eigenvalue weighted by molar-refractivity contribution is 6.31. The maximum atomic E-state index is 13.2. The zero-order chi connectivity index (χ0) is 16.1. The molecule has 1 N–H and O–H groups in total. The van der Waals surface area contributed by atoms with Gasteiger partial charge in [-0.25, -0.2) is 4.39 Å². The normalized spacial score (nSPS) is 10.4. The Kier molecular flexibility index (Phi) is 5.33. The van der Waals surface area contributed by atoms with Crippen molar-refractivity contribution in [2.24, 2.45) is 0 Å². The molecule has 0 radical (unpaired) electrons. The summed E-state index contributed by atoms with van der Waals surface area (Å²) in [4.78, 5) is 18.1. The predicted octanol–water partition coefficient (Wildman–Crippen LogP) is 4.10. The van der Waals surface area contributed by atoms with E-state index in [2.05, 4.69) is 10.3 Å². The fourth-order valence-electron chi connectivity index (χ4n) is 2.06. The van der Waals surface area contributed by atoms with Gasteiger partial charge in [-0.15, -0.1) is 0 Å². The Morgan fingerprint density at radius 3 is 2.59 bits per heavy atom. The monoisotopic (exact) mass is 321 g/mol. The third-order valence-corrected chi connectivity index (χ3v) is 3.53. The second-order valence-corrected chi connectivity index (χ2v) is 5.10. The average molecular weight is 322 g/mol. The SMILES string of the molecule is CCN(CC)C(=O)c1cncc(Nc2ccc(F)c(Cl)c2)c1. The second-order valence-electron chi connectivity index (χ2n) is 4.69. The van der Waals surface area contributed by atoms with Crippen molar-refractivity contribution in [3.05, 3.63) is 53.1 Å². The van der Waals surface area contributed by atoms with E-state index < -0.39 is 5.82 Å². The van der Waals surface area contributed by atoms with Gasteiger partial charge in [-0.05, 0) is 38.1 Å². The largest absolute Gasteiger partial charge is 0.354 e. The molecule has 4 nitrogen and oxygen atoms in total. The van der Waals surface area contributed by atoms with E-state index in [0.29, 0.717) is 30.0 Å². The molecule has 0 unspecified atom stereocenters. The number of rotatable bonds is 5. The molecule has 0 saturated carbocycles. The van der Waals surface area contributed by atoms with Gasteiger partial charge in [-0.2, -0.15) is 0 Å². The van der Waals surface area contributed by atoms with Crippen LogP contribution in [0.4, 0.5) is 15.8 Å². The van der Waals surface area contributed by atoms with Crippen molar-refractivity contribution in [2.75, 3.05) is 18.4 Å². The van der Waals surface area contributed by atoms with Crippen molar-refractivity contribution < 1.29 is 9.18 Å². The smallest absolute Gasteiger partial charge is 0.255 e. The van der Waals surface area contributed by atoms with E-state index in [4.69, 9.17) is 11.6 Å². The Labute approximate surface area is 133 Å². The summed E-state index contributed by atoms with van der Waals surface area (Å²) in [6.07, 6.45) is 3.12. The summed E-state index contributed by atoms with van der Waals surface area (Å²) in [5.41, 5.74) is 1.77. The van der Waals surface area contributed by atoms with E-state index >= 15 is 0 Å². The first-order valence-corrected chi connectivity index (χ1v) is 7.39. The average Bonchev–Trinajstić information content (AvgIpc) is 2.52. The van der Waals surface area contributed by atoms with Crippen molar-refractivity contribution in [3.63, 3.8) is 0 Å². The third-order valence-electron chi connectivity index (χ3n) is 3.24. The second kappa shape index (κ2) is 7.22. The fourth-order valence-corrected chi connectivity index (χ4v) is 2.24. The molecule has 0 atom stereocenters. The molecular formula is C16H17ClFN3O. The standard InChI is InChI=1S/C16H17ClFN3O/c1-3-21(4-2)16(22)11-7-13(10-19-9-11)20-12-5-6-15(18)14(17)8-12/h5-10,20H,3-4H2,1-2H3. The molecule has 0 aliphatic rings. The number of benzene rings is 1. The van der Waals surface area contributed by atoms with Crippen LogP contribution in [0.5, 0.6) is 0 Å². The van der Waals surface area contributed by atoms with Gasteiger partial charge in [0.05, 0.1) is 22.5 Å². The number of nitrogens with zero attached hydrogens (tertiary/aromatic N) is 2. The summed E-state index contributed by atoms with van der Waals surface area (Å²) < 4.78 is 13.2. The highest BCUT2D eigenvalue weighted by atomic mass is 35.5. The van der Waals surface area contributed by atoms with E-state index in [9.17, 15) is 9.18 Å². The lowest BCUT2D eigenvalue weighted by Gasteiger charge is -2.18. The molecule has 116 valence electrons. The number of anilines is 2. The summed E-state index contributed by atoms with van der Waals surface area (Å²) in [5.74, 6) is -0.547. The highest BCUT2D eigenvalue weighted by Crippen LogP contribution is 2.23. The number of amides is 1. The van der Waals surface area contributed by atoms with Crippen LogP contribution in [0, 0.1) is 5.82 Å². The van der Waals surface area contributed by atoms with Crippen LogP contribution < -0.4 is 5.32 Å². The number of carbonyl (C=O) groups excluding carboxylic acids is 1. The third kappa shape index (κ3) is 3.74. The number of nitrogens with one attached hydrogen (secondary N) is 1. The van der Waals surface area contributed by atoms with Crippen LogP contribution in [-0.2, 0) is 0 Å². The van der Waals surface area contributed by atoms with Crippen molar-refractivity contribution in [1.29, 1.82) is 0 Å². The molecule has 1 amide bonds. The van der Waals surface area contributed by atoms with Crippen molar-refractivity contribution in [3.8, 4) is 0 Å². The van der Waals surface area contributed by atoms with Crippen LogP contribution in [0.25, 0.3) is 0 Å². The Bertz CT molecular complexity index is 674. The minimum Gasteiger partial charge on any atom is -0.354 e. The number of halogens is 2. The van der Waals surface area contributed by atoms with E-state index in [0.717, 1.165) is 0 Å². The molecule has 2 rings (SSSR count). The molecule has 0 aliphatic heterocycles. The fraction of sp³-hybridized carbons (Fsp3) is 0.250. The summed E-state index contributed by atoms with van der Waals surface area (Å²) in [6.45, 7) is 5.13. The van der Waals surface area contributed by atoms with Crippen LogP contribution in [0.3, 0.4) is 0 Å². The molecule has 0 spiro atoms. The minimum absolute atomic E-state index is 0.0355. The number of hydrogen-bond donors (Lipinski definition) is 1. The Hall–Kier alpha value is -2.14. The lowest BCUT2D eigenvalue weighted by molar-refractivity contribution is 0.0772. The Morgan fingerprint density at radius 1 is 1.23 bits per heavy atom. The zero-order valence-corrected chi connectivity index (χ0v) is 13.2.